The lowest BCUT2D eigenvalue weighted by Crippen LogP contribution is -2.04. The molecule has 0 aliphatic heterocycles. The Bertz CT molecular complexity index is 666. The normalized spacial score (nSPS) is 9.36. The van der Waals surface area contributed by atoms with Crippen LogP contribution < -0.4 is 11.1 Å². The van der Waals surface area contributed by atoms with Gasteiger partial charge in [-0.1, -0.05) is 6.07 Å². The van der Waals surface area contributed by atoms with Crippen molar-refractivity contribution >= 4 is 23.1 Å². The molecule has 2 aromatic rings. The van der Waals surface area contributed by atoms with Gasteiger partial charge in [-0.3, -0.25) is 9.59 Å². The summed E-state index contributed by atoms with van der Waals surface area (Å²) in [6.45, 7) is 2.85. The predicted octanol–water partition coefficient (Wildman–Crippen LogP) is 2.53. The fraction of sp³-hybridized carbons (Fsp3) is 0.125. The van der Waals surface area contributed by atoms with Crippen LogP contribution in [0.5, 0.6) is 11.5 Å². The van der Waals surface area contributed by atoms with Crippen LogP contribution in [0, 0.1) is 0 Å². The van der Waals surface area contributed by atoms with E-state index in [1.807, 2.05) is 0 Å². The van der Waals surface area contributed by atoms with E-state index in [1.165, 1.54) is 32.0 Å². The summed E-state index contributed by atoms with van der Waals surface area (Å²) in [4.78, 5) is 21.4. The molecule has 0 saturated heterocycles. The number of carbonyl (C=O) groups excluding carboxylic acids is 2. The largest absolute Gasteiger partial charge is 0.508 e. The number of rotatable bonds is 2. The minimum atomic E-state index is -0.140. The number of benzene rings is 2. The molecule has 0 radical (unpaired) electrons. The average Bonchev–Trinajstić information content (AvgIpc) is 2.44. The summed E-state index contributed by atoms with van der Waals surface area (Å²) in [5.41, 5.74) is 6.62. The Morgan fingerprint density at radius 1 is 1.00 bits per heavy atom. The van der Waals surface area contributed by atoms with Crippen molar-refractivity contribution in [3.8, 4) is 11.5 Å². The molecule has 0 heterocycles. The second kappa shape index (κ2) is 7.68. The first kappa shape index (κ1) is 17.0. The summed E-state index contributed by atoms with van der Waals surface area (Å²) in [7, 11) is 0. The Morgan fingerprint density at radius 2 is 1.59 bits per heavy atom. The molecule has 6 nitrogen and oxygen atoms in total. The van der Waals surface area contributed by atoms with Crippen molar-refractivity contribution in [3.05, 3.63) is 48.0 Å². The highest BCUT2D eigenvalue weighted by molar-refractivity contribution is 6.00. The van der Waals surface area contributed by atoms with Gasteiger partial charge in [-0.15, -0.1) is 0 Å². The van der Waals surface area contributed by atoms with E-state index in [4.69, 9.17) is 15.9 Å². The zero-order valence-electron chi connectivity index (χ0n) is 12.3. The highest BCUT2D eigenvalue weighted by Crippen LogP contribution is 2.23. The third-order valence-electron chi connectivity index (χ3n) is 2.65. The monoisotopic (exact) mass is 302 g/mol. The first-order chi connectivity index (χ1) is 10.3. The number of ketones is 1. The number of para-hydroxylation sites is 1. The smallest absolute Gasteiger partial charge is 0.221 e. The zero-order chi connectivity index (χ0) is 16.7. The van der Waals surface area contributed by atoms with E-state index in [0.29, 0.717) is 11.3 Å². The van der Waals surface area contributed by atoms with Gasteiger partial charge in [-0.05, 0) is 43.3 Å². The predicted molar refractivity (Wildman–Crippen MR) is 84.9 cm³/mol. The van der Waals surface area contributed by atoms with Crippen LogP contribution in [-0.4, -0.2) is 21.9 Å². The van der Waals surface area contributed by atoms with E-state index >= 15 is 0 Å². The SMILES string of the molecule is CC(=O)Nc1ccc(O)cc1.CC(=O)c1cccc(O)c1N. The molecule has 116 valence electrons. The Hall–Kier alpha value is -3.02. The first-order valence-electron chi connectivity index (χ1n) is 6.46. The van der Waals surface area contributed by atoms with Crippen molar-refractivity contribution in [1.82, 2.24) is 0 Å². The molecule has 1 amide bonds. The summed E-state index contributed by atoms with van der Waals surface area (Å²) < 4.78 is 0. The Labute approximate surface area is 128 Å². The van der Waals surface area contributed by atoms with Gasteiger partial charge in [0.2, 0.25) is 5.91 Å². The molecule has 0 bridgehead atoms. The Morgan fingerprint density at radius 3 is 2.05 bits per heavy atom. The number of Topliss-reactive ketones (excluding diaryl/α,β-unsaturated/α-hetero) is 1. The lowest BCUT2D eigenvalue weighted by molar-refractivity contribution is -0.114. The summed E-state index contributed by atoms with van der Waals surface area (Å²) >= 11 is 0. The first-order valence-corrected chi connectivity index (χ1v) is 6.46. The van der Waals surface area contributed by atoms with Crippen LogP contribution in [0.2, 0.25) is 0 Å². The molecule has 6 heteroatoms. The van der Waals surface area contributed by atoms with Crippen LogP contribution in [-0.2, 0) is 4.79 Å². The number of nitrogens with one attached hydrogen (secondary N) is 1. The van der Waals surface area contributed by atoms with E-state index in [-0.39, 0.29) is 28.9 Å². The molecular formula is C16H18N2O4. The van der Waals surface area contributed by atoms with Crippen molar-refractivity contribution < 1.29 is 19.8 Å². The fourth-order valence-electron chi connectivity index (χ4n) is 1.61. The van der Waals surface area contributed by atoms with Gasteiger partial charge in [0.15, 0.2) is 5.78 Å². The molecule has 2 aromatic carbocycles. The van der Waals surface area contributed by atoms with E-state index in [2.05, 4.69) is 5.32 Å². The Kier molecular flexibility index (Phi) is 5.95. The van der Waals surface area contributed by atoms with Crippen molar-refractivity contribution in [1.29, 1.82) is 0 Å². The molecule has 0 aliphatic rings. The van der Waals surface area contributed by atoms with Gasteiger partial charge in [-0.2, -0.15) is 0 Å². The number of phenolic OH excluding ortho intramolecular Hbond substituents is 2. The molecule has 0 unspecified atom stereocenters. The third-order valence-corrected chi connectivity index (χ3v) is 2.65. The highest BCUT2D eigenvalue weighted by Gasteiger charge is 2.06. The lowest BCUT2D eigenvalue weighted by atomic mass is 10.1. The average molecular weight is 302 g/mol. The molecule has 0 saturated carbocycles. The molecule has 0 atom stereocenters. The number of aromatic hydroxyl groups is 2. The van der Waals surface area contributed by atoms with Crippen LogP contribution in [0.25, 0.3) is 0 Å². The molecule has 0 fully saturated rings. The Balaban J connectivity index is 0.000000220. The maximum Gasteiger partial charge on any atom is 0.221 e. The maximum atomic E-state index is 10.8. The number of phenols is 2. The van der Waals surface area contributed by atoms with Crippen molar-refractivity contribution in [3.63, 3.8) is 0 Å². The molecular weight excluding hydrogens is 284 g/mol. The number of amides is 1. The van der Waals surface area contributed by atoms with E-state index in [9.17, 15) is 9.59 Å². The standard InChI is InChI=1S/2C8H9NO2/c1-6(10)9-7-2-4-8(11)5-3-7;1-5(10)6-3-2-4-7(11)8(6)9/h2-5,11H,1H3,(H,9,10);2-4,11H,9H2,1H3. The maximum absolute atomic E-state index is 10.8. The van der Waals surface area contributed by atoms with Gasteiger partial charge in [0.05, 0.1) is 5.69 Å². The molecule has 0 aliphatic carbocycles. The van der Waals surface area contributed by atoms with Gasteiger partial charge in [0.25, 0.3) is 0 Å². The number of anilines is 2. The van der Waals surface area contributed by atoms with Crippen LogP contribution >= 0.6 is 0 Å². The van der Waals surface area contributed by atoms with Crippen molar-refractivity contribution in [2.75, 3.05) is 11.1 Å². The van der Waals surface area contributed by atoms with Crippen LogP contribution in [0.1, 0.15) is 24.2 Å². The molecule has 2 rings (SSSR count). The highest BCUT2D eigenvalue weighted by atomic mass is 16.3. The topological polar surface area (TPSA) is 113 Å². The molecule has 0 aromatic heterocycles. The van der Waals surface area contributed by atoms with Crippen LogP contribution in [0.3, 0.4) is 0 Å². The lowest BCUT2D eigenvalue weighted by Gasteiger charge is -2.01. The third kappa shape index (κ3) is 5.16. The molecule has 5 N–H and O–H groups in total. The number of carbonyl (C=O) groups is 2. The van der Waals surface area contributed by atoms with E-state index in [1.54, 1.807) is 24.3 Å². The number of hydrogen-bond donors (Lipinski definition) is 4. The second-order valence-electron chi connectivity index (χ2n) is 4.52. The van der Waals surface area contributed by atoms with Gasteiger partial charge in [-0.25, -0.2) is 0 Å². The molecule has 22 heavy (non-hydrogen) atoms. The summed E-state index contributed by atoms with van der Waals surface area (Å²) in [6, 6.07) is 10.9. The van der Waals surface area contributed by atoms with E-state index < -0.39 is 0 Å². The van der Waals surface area contributed by atoms with Gasteiger partial charge < -0.3 is 21.3 Å². The number of nitrogens with two attached hydrogens (primary N) is 1. The second-order valence-corrected chi connectivity index (χ2v) is 4.52. The van der Waals surface area contributed by atoms with Gasteiger partial charge >= 0.3 is 0 Å². The fourth-order valence-corrected chi connectivity index (χ4v) is 1.61. The van der Waals surface area contributed by atoms with E-state index in [0.717, 1.165) is 0 Å². The quantitative estimate of drug-likeness (QED) is 0.295. The minimum Gasteiger partial charge on any atom is -0.508 e. The zero-order valence-corrected chi connectivity index (χ0v) is 12.3. The summed E-state index contributed by atoms with van der Waals surface area (Å²) in [5.74, 6) is -0.106. The summed E-state index contributed by atoms with van der Waals surface area (Å²) in [6.07, 6.45) is 0. The van der Waals surface area contributed by atoms with Crippen molar-refractivity contribution in [2.24, 2.45) is 0 Å². The van der Waals surface area contributed by atoms with Crippen LogP contribution in [0.4, 0.5) is 11.4 Å². The number of nitrogen functional groups attached to an aromatic ring is 1. The van der Waals surface area contributed by atoms with Gasteiger partial charge in [0.1, 0.15) is 11.5 Å². The summed E-state index contributed by atoms with van der Waals surface area (Å²) in [5, 5.41) is 20.5. The molecule has 0 spiro atoms. The minimum absolute atomic E-state index is 0.0438. The van der Waals surface area contributed by atoms with Crippen LogP contribution in [0.15, 0.2) is 42.5 Å². The van der Waals surface area contributed by atoms with Gasteiger partial charge in [0, 0.05) is 18.2 Å². The van der Waals surface area contributed by atoms with Crippen molar-refractivity contribution in [2.45, 2.75) is 13.8 Å². The number of hydrogen-bond acceptors (Lipinski definition) is 5.